The molecule has 1 aromatic carbocycles. The van der Waals surface area contributed by atoms with Crippen LogP contribution in [0, 0.1) is 0 Å². The highest BCUT2D eigenvalue weighted by molar-refractivity contribution is 6.27. The molecule has 1 unspecified atom stereocenters. The maximum atomic E-state index is 12.4. The summed E-state index contributed by atoms with van der Waals surface area (Å²) in [6.45, 7) is 0. The number of alkyl halides is 3. The lowest BCUT2D eigenvalue weighted by atomic mass is 10.0. The number of rotatable bonds is 3. The van der Waals surface area contributed by atoms with Crippen LogP contribution >= 0.6 is 11.6 Å². The van der Waals surface area contributed by atoms with Crippen molar-refractivity contribution >= 4 is 17.6 Å². The van der Waals surface area contributed by atoms with Crippen LogP contribution in [-0.2, 0) is 15.7 Å². The fourth-order valence-electron chi connectivity index (χ4n) is 1.37. The Kier molecular flexibility index (Phi) is 4.97. The number of carbonyl (C=O) groups is 1. The molecule has 0 amide bonds. The molecule has 7 heteroatoms. The van der Waals surface area contributed by atoms with E-state index >= 15 is 0 Å². The number of carbonyl (C=O) groups excluding carboxylic acids is 1. The van der Waals surface area contributed by atoms with Gasteiger partial charge in [-0.2, -0.15) is 13.2 Å². The van der Waals surface area contributed by atoms with Crippen LogP contribution in [-0.4, -0.2) is 18.2 Å². The zero-order valence-corrected chi connectivity index (χ0v) is 10.5. The molecule has 104 valence electrons. The van der Waals surface area contributed by atoms with Gasteiger partial charge in [0.2, 0.25) is 0 Å². The molecule has 0 saturated heterocycles. The lowest BCUT2D eigenvalue weighted by molar-refractivity contribution is -0.138. The van der Waals surface area contributed by atoms with Gasteiger partial charge in [-0.15, -0.1) is 0 Å². The molecule has 0 saturated carbocycles. The standard InChI is InChI=1S/C12H10ClF3O3/c1-19-11(18)9(6-13)10(17)7-2-4-8(5-3-7)12(14,15)16/h2-6,10,17H,1H3/b9-6-. The third-order valence-corrected chi connectivity index (χ3v) is 2.62. The van der Waals surface area contributed by atoms with Gasteiger partial charge in [-0.3, -0.25) is 0 Å². The smallest absolute Gasteiger partial charge is 0.416 e. The highest BCUT2D eigenvalue weighted by Crippen LogP contribution is 2.31. The first-order valence-corrected chi connectivity index (χ1v) is 5.48. The van der Waals surface area contributed by atoms with Crippen molar-refractivity contribution in [2.24, 2.45) is 0 Å². The third kappa shape index (κ3) is 3.71. The van der Waals surface area contributed by atoms with Gasteiger partial charge in [-0.1, -0.05) is 23.7 Å². The number of hydrogen-bond acceptors (Lipinski definition) is 3. The Labute approximate surface area is 112 Å². The Morgan fingerprint density at radius 3 is 2.26 bits per heavy atom. The maximum Gasteiger partial charge on any atom is 0.416 e. The zero-order chi connectivity index (χ0) is 14.6. The molecule has 1 N–H and O–H groups in total. The molecule has 0 fully saturated rings. The van der Waals surface area contributed by atoms with Crippen molar-refractivity contribution in [3.8, 4) is 0 Å². The van der Waals surface area contributed by atoms with Crippen LogP contribution in [0.1, 0.15) is 17.2 Å². The van der Waals surface area contributed by atoms with Gasteiger partial charge in [-0.25, -0.2) is 4.79 Å². The van der Waals surface area contributed by atoms with Gasteiger partial charge in [0.1, 0.15) is 6.10 Å². The van der Waals surface area contributed by atoms with E-state index in [1.165, 1.54) is 0 Å². The Morgan fingerprint density at radius 2 is 1.89 bits per heavy atom. The summed E-state index contributed by atoms with van der Waals surface area (Å²) in [5.74, 6) is -0.859. The molecule has 0 bridgehead atoms. The van der Waals surface area contributed by atoms with E-state index in [2.05, 4.69) is 4.74 Å². The van der Waals surface area contributed by atoms with E-state index in [-0.39, 0.29) is 11.1 Å². The summed E-state index contributed by atoms with van der Waals surface area (Å²) >= 11 is 5.39. The highest BCUT2D eigenvalue weighted by Gasteiger charge is 2.30. The topological polar surface area (TPSA) is 46.5 Å². The minimum Gasteiger partial charge on any atom is -0.466 e. The Hall–Kier alpha value is -1.53. The van der Waals surface area contributed by atoms with Gasteiger partial charge >= 0.3 is 12.1 Å². The first-order chi connectivity index (χ1) is 8.81. The summed E-state index contributed by atoms with van der Waals surface area (Å²) < 4.78 is 41.5. The lowest BCUT2D eigenvalue weighted by Crippen LogP contribution is -2.13. The average molecular weight is 295 g/mol. The number of methoxy groups -OCH3 is 1. The molecule has 0 aromatic heterocycles. The van der Waals surface area contributed by atoms with Crippen molar-refractivity contribution in [2.45, 2.75) is 12.3 Å². The molecule has 1 atom stereocenters. The van der Waals surface area contributed by atoms with Gasteiger partial charge in [0, 0.05) is 5.54 Å². The van der Waals surface area contributed by atoms with Gasteiger partial charge in [0.15, 0.2) is 0 Å². The minimum atomic E-state index is -4.46. The predicted molar refractivity (Wildman–Crippen MR) is 62.4 cm³/mol. The number of benzene rings is 1. The van der Waals surface area contributed by atoms with Crippen LogP contribution < -0.4 is 0 Å². The maximum absolute atomic E-state index is 12.4. The SMILES string of the molecule is COC(=O)/C(=C\Cl)C(O)c1ccc(C(F)(F)F)cc1. The quantitative estimate of drug-likeness (QED) is 0.688. The molecular formula is C12H10ClF3O3. The van der Waals surface area contributed by atoms with E-state index in [0.717, 1.165) is 36.9 Å². The fraction of sp³-hybridized carbons (Fsp3) is 0.250. The van der Waals surface area contributed by atoms with Gasteiger partial charge in [-0.05, 0) is 17.7 Å². The molecule has 0 heterocycles. The monoisotopic (exact) mass is 294 g/mol. The van der Waals surface area contributed by atoms with Crippen molar-refractivity contribution in [3.05, 3.63) is 46.5 Å². The van der Waals surface area contributed by atoms with E-state index in [9.17, 15) is 23.1 Å². The van der Waals surface area contributed by atoms with Crippen LogP contribution in [0.4, 0.5) is 13.2 Å². The molecule has 3 nitrogen and oxygen atoms in total. The molecule has 0 spiro atoms. The van der Waals surface area contributed by atoms with Crippen LogP contribution in [0.25, 0.3) is 0 Å². The van der Waals surface area contributed by atoms with Crippen molar-refractivity contribution in [3.63, 3.8) is 0 Å². The van der Waals surface area contributed by atoms with Crippen LogP contribution in [0.15, 0.2) is 35.4 Å². The second-order valence-corrected chi connectivity index (χ2v) is 3.80. The fourth-order valence-corrected chi connectivity index (χ4v) is 1.58. The second-order valence-electron chi connectivity index (χ2n) is 3.58. The molecule has 0 radical (unpaired) electrons. The van der Waals surface area contributed by atoms with Gasteiger partial charge < -0.3 is 9.84 Å². The Bertz CT molecular complexity index is 480. The number of ether oxygens (including phenoxy) is 1. The normalized spacial score (nSPS) is 14.1. The number of aliphatic hydroxyl groups excluding tert-OH is 1. The minimum absolute atomic E-state index is 0.102. The summed E-state index contributed by atoms with van der Waals surface area (Å²) in [5.41, 5.74) is -0.180. The van der Waals surface area contributed by atoms with E-state index in [1.54, 1.807) is 0 Å². The van der Waals surface area contributed by atoms with E-state index in [1.807, 2.05) is 0 Å². The molecule has 1 rings (SSSR count). The van der Waals surface area contributed by atoms with Crippen molar-refractivity contribution in [1.29, 1.82) is 0 Å². The third-order valence-electron chi connectivity index (χ3n) is 2.39. The van der Waals surface area contributed by atoms with Crippen molar-refractivity contribution < 1.29 is 27.8 Å². The number of halogens is 4. The summed E-state index contributed by atoms with van der Waals surface area (Å²) in [7, 11) is 1.10. The van der Waals surface area contributed by atoms with E-state index in [0.29, 0.717) is 0 Å². The average Bonchev–Trinajstić information content (AvgIpc) is 2.38. The molecule has 0 aliphatic carbocycles. The van der Waals surface area contributed by atoms with Crippen LogP contribution in [0.3, 0.4) is 0 Å². The van der Waals surface area contributed by atoms with Crippen LogP contribution in [0.2, 0.25) is 0 Å². The lowest BCUT2D eigenvalue weighted by Gasteiger charge is -2.14. The van der Waals surface area contributed by atoms with Gasteiger partial charge in [0.05, 0.1) is 18.2 Å². The van der Waals surface area contributed by atoms with E-state index in [4.69, 9.17) is 11.6 Å². The van der Waals surface area contributed by atoms with E-state index < -0.39 is 23.8 Å². The highest BCUT2D eigenvalue weighted by atomic mass is 35.5. The molecule has 19 heavy (non-hydrogen) atoms. The molecule has 0 aliphatic heterocycles. The van der Waals surface area contributed by atoms with Crippen molar-refractivity contribution in [2.75, 3.05) is 7.11 Å². The zero-order valence-electron chi connectivity index (χ0n) is 9.74. The first kappa shape index (κ1) is 15.5. The number of aliphatic hydroxyl groups is 1. The number of hydrogen-bond donors (Lipinski definition) is 1. The largest absolute Gasteiger partial charge is 0.466 e. The summed E-state index contributed by atoms with van der Waals surface area (Å²) in [6.07, 6.45) is -5.91. The molecular weight excluding hydrogens is 285 g/mol. The Morgan fingerprint density at radius 1 is 1.37 bits per heavy atom. The summed E-state index contributed by atoms with van der Waals surface area (Å²) in [5, 5.41) is 9.84. The summed E-state index contributed by atoms with van der Waals surface area (Å²) in [6, 6.07) is 3.75. The number of esters is 1. The second kappa shape index (κ2) is 6.08. The van der Waals surface area contributed by atoms with Crippen molar-refractivity contribution in [1.82, 2.24) is 0 Å². The van der Waals surface area contributed by atoms with Gasteiger partial charge in [0.25, 0.3) is 0 Å². The predicted octanol–water partition coefficient (Wildman–Crippen LogP) is 3.03. The van der Waals surface area contributed by atoms with Crippen LogP contribution in [0.5, 0.6) is 0 Å². The Balaban J connectivity index is 3.01. The molecule has 1 aromatic rings. The first-order valence-electron chi connectivity index (χ1n) is 5.05. The molecule has 0 aliphatic rings. The summed E-state index contributed by atoms with van der Waals surface area (Å²) in [4.78, 5) is 11.3.